The van der Waals surface area contributed by atoms with Crippen molar-refractivity contribution >= 4 is 11.0 Å². The van der Waals surface area contributed by atoms with Gasteiger partial charge in [-0.15, -0.1) is 0 Å². The van der Waals surface area contributed by atoms with Crippen LogP contribution >= 0.6 is 0 Å². The molecule has 0 amide bonds. The monoisotopic (exact) mass is 347 g/mol. The average Bonchev–Trinajstić information content (AvgIpc) is 3.10. The molecular weight excluding hydrogens is 329 g/mol. The molecule has 0 aliphatic carbocycles. The number of nitrogens with zero attached hydrogens (tertiary/aromatic N) is 4. The molecule has 0 fully saturated rings. The molecule has 26 heavy (non-hydrogen) atoms. The Morgan fingerprint density at radius 3 is 2.54 bits per heavy atom. The lowest BCUT2D eigenvalue weighted by atomic mass is 10.1. The molecule has 5 nitrogen and oxygen atoms in total. The quantitative estimate of drug-likeness (QED) is 0.597. The number of hydrogen-bond donors (Lipinski definition) is 1. The number of aromatic amines is 1. The van der Waals surface area contributed by atoms with E-state index in [9.17, 15) is 4.39 Å². The van der Waals surface area contributed by atoms with Gasteiger partial charge in [-0.3, -0.25) is 15.0 Å². The van der Waals surface area contributed by atoms with Crippen LogP contribution < -0.4 is 0 Å². The second kappa shape index (κ2) is 7.01. The lowest BCUT2D eigenvalue weighted by Crippen LogP contribution is -2.18. The van der Waals surface area contributed by atoms with E-state index in [-0.39, 0.29) is 5.82 Å². The Hall–Kier alpha value is -3.12. The molecule has 6 heteroatoms. The van der Waals surface area contributed by atoms with E-state index < -0.39 is 0 Å². The summed E-state index contributed by atoms with van der Waals surface area (Å²) in [6.45, 7) is 1.36. The van der Waals surface area contributed by atoms with Crippen LogP contribution in [0.1, 0.15) is 11.3 Å². The van der Waals surface area contributed by atoms with Gasteiger partial charge in [0.2, 0.25) is 0 Å². The molecule has 4 aromatic rings. The Balaban J connectivity index is 1.50. The zero-order valence-electron chi connectivity index (χ0n) is 14.4. The van der Waals surface area contributed by atoms with Crippen molar-refractivity contribution in [2.45, 2.75) is 13.1 Å². The molecule has 1 N–H and O–H groups in total. The third-order valence-electron chi connectivity index (χ3n) is 4.22. The molecule has 0 saturated carbocycles. The molecule has 4 rings (SSSR count). The summed E-state index contributed by atoms with van der Waals surface area (Å²) >= 11 is 0. The van der Waals surface area contributed by atoms with Gasteiger partial charge < -0.3 is 0 Å². The number of H-pyrrole nitrogens is 1. The highest BCUT2D eigenvalue weighted by Gasteiger charge is 2.11. The van der Waals surface area contributed by atoms with Gasteiger partial charge in [0, 0.05) is 24.2 Å². The Labute approximate surface area is 150 Å². The fraction of sp³-hybridized carbons (Fsp3) is 0.150. The molecule has 0 radical (unpaired) electrons. The van der Waals surface area contributed by atoms with Gasteiger partial charge in [-0.2, -0.15) is 5.10 Å². The molecule has 0 aliphatic rings. The van der Waals surface area contributed by atoms with E-state index in [0.29, 0.717) is 13.1 Å². The van der Waals surface area contributed by atoms with Crippen LogP contribution in [-0.4, -0.2) is 32.1 Å². The summed E-state index contributed by atoms with van der Waals surface area (Å²) in [7, 11) is 2.03. The summed E-state index contributed by atoms with van der Waals surface area (Å²) in [4.78, 5) is 11.3. The van der Waals surface area contributed by atoms with Gasteiger partial charge in [-0.25, -0.2) is 9.37 Å². The maximum Gasteiger partial charge on any atom is 0.123 e. The third-order valence-corrected chi connectivity index (χ3v) is 4.22. The minimum atomic E-state index is -0.248. The number of nitrogens with one attached hydrogen (secondary N) is 1. The molecule has 0 spiro atoms. The molecule has 0 bridgehead atoms. The number of fused-ring (bicyclic) bond motifs is 1. The lowest BCUT2D eigenvalue weighted by molar-refractivity contribution is 0.315. The van der Waals surface area contributed by atoms with Gasteiger partial charge in [0.05, 0.1) is 34.8 Å². The summed E-state index contributed by atoms with van der Waals surface area (Å²) in [6.07, 6.45) is 3.62. The summed E-state index contributed by atoms with van der Waals surface area (Å²) in [5.41, 5.74) is 5.58. The van der Waals surface area contributed by atoms with E-state index in [2.05, 4.69) is 25.1 Å². The zero-order chi connectivity index (χ0) is 17.9. The molecule has 0 atom stereocenters. The second-order valence-electron chi connectivity index (χ2n) is 6.30. The van der Waals surface area contributed by atoms with Crippen LogP contribution in [0, 0.1) is 5.82 Å². The van der Waals surface area contributed by atoms with Crippen LogP contribution in [0.2, 0.25) is 0 Å². The first-order chi connectivity index (χ1) is 12.7. The summed E-state index contributed by atoms with van der Waals surface area (Å²) in [5, 5.41) is 7.16. The predicted molar refractivity (Wildman–Crippen MR) is 98.7 cm³/mol. The van der Waals surface area contributed by atoms with Gasteiger partial charge in [0.25, 0.3) is 0 Å². The van der Waals surface area contributed by atoms with Gasteiger partial charge in [0.1, 0.15) is 5.82 Å². The molecule has 2 heterocycles. The van der Waals surface area contributed by atoms with Crippen LogP contribution in [0.15, 0.2) is 60.9 Å². The Kier molecular flexibility index (Phi) is 4.41. The number of halogens is 1. The fourth-order valence-corrected chi connectivity index (χ4v) is 2.99. The van der Waals surface area contributed by atoms with Crippen LogP contribution in [0.4, 0.5) is 4.39 Å². The normalized spacial score (nSPS) is 11.3. The van der Waals surface area contributed by atoms with Gasteiger partial charge >= 0.3 is 0 Å². The van der Waals surface area contributed by atoms with Crippen molar-refractivity contribution in [3.05, 3.63) is 78.0 Å². The fourth-order valence-electron chi connectivity index (χ4n) is 2.99. The van der Waals surface area contributed by atoms with E-state index >= 15 is 0 Å². The van der Waals surface area contributed by atoms with Gasteiger partial charge in [-0.1, -0.05) is 12.1 Å². The summed E-state index contributed by atoms with van der Waals surface area (Å²) in [5.74, 6) is -0.248. The Bertz CT molecular complexity index is 1030. The highest BCUT2D eigenvalue weighted by atomic mass is 19.1. The molecule has 0 unspecified atom stereocenters. The first-order valence-corrected chi connectivity index (χ1v) is 8.36. The van der Waals surface area contributed by atoms with E-state index in [1.165, 1.54) is 12.1 Å². The number of aromatic nitrogens is 4. The van der Waals surface area contributed by atoms with Gasteiger partial charge in [-0.05, 0) is 43.4 Å². The highest BCUT2D eigenvalue weighted by Crippen LogP contribution is 2.22. The Morgan fingerprint density at radius 2 is 1.73 bits per heavy atom. The number of hydrogen-bond acceptors (Lipinski definition) is 4. The van der Waals surface area contributed by atoms with Crippen molar-refractivity contribution in [2.75, 3.05) is 7.05 Å². The van der Waals surface area contributed by atoms with Crippen LogP contribution in [-0.2, 0) is 13.1 Å². The van der Waals surface area contributed by atoms with Crippen LogP contribution in [0.3, 0.4) is 0 Å². The topological polar surface area (TPSA) is 57.7 Å². The maximum absolute atomic E-state index is 13.1. The van der Waals surface area contributed by atoms with Gasteiger partial charge in [0.15, 0.2) is 0 Å². The minimum absolute atomic E-state index is 0.248. The molecular formula is C20H18FN5. The van der Waals surface area contributed by atoms with Crippen LogP contribution in [0.5, 0.6) is 0 Å². The SMILES string of the molecule is CN(Cc1cnc2ccccc2n1)Cc1cn[nH]c1-c1ccc(F)cc1. The van der Waals surface area contributed by atoms with E-state index in [1.54, 1.807) is 18.3 Å². The average molecular weight is 347 g/mol. The van der Waals surface area contributed by atoms with Crippen LogP contribution in [0.25, 0.3) is 22.3 Å². The first-order valence-electron chi connectivity index (χ1n) is 8.36. The molecule has 2 aromatic carbocycles. The first kappa shape index (κ1) is 16.4. The smallest absolute Gasteiger partial charge is 0.123 e. The largest absolute Gasteiger partial charge is 0.296 e. The Morgan fingerprint density at radius 1 is 0.962 bits per heavy atom. The number of para-hydroxylation sites is 2. The highest BCUT2D eigenvalue weighted by molar-refractivity contribution is 5.73. The molecule has 2 aromatic heterocycles. The van der Waals surface area contributed by atoms with E-state index in [4.69, 9.17) is 0 Å². The predicted octanol–water partition coefficient (Wildman–Crippen LogP) is 3.79. The van der Waals surface area contributed by atoms with Crippen molar-refractivity contribution in [3.8, 4) is 11.3 Å². The third kappa shape index (κ3) is 3.45. The van der Waals surface area contributed by atoms with Crippen molar-refractivity contribution in [1.82, 2.24) is 25.1 Å². The van der Waals surface area contributed by atoms with Crippen molar-refractivity contribution < 1.29 is 4.39 Å². The maximum atomic E-state index is 13.1. The number of rotatable bonds is 5. The van der Waals surface area contributed by atoms with Crippen molar-refractivity contribution in [2.24, 2.45) is 0 Å². The minimum Gasteiger partial charge on any atom is -0.296 e. The van der Waals surface area contributed by atoms with E-state index in [0.717, 1.165) is 33.5 Å². The standard InChI is InChI=1S/C20H18FN5/c1-26(13-17-11-22-18-4-2-3-5-19(18)24-17)12-15-10-23-25-20(15)14-6-8-16(21)9-7-14/h2-11H,12-13H2,1H3,(H,23,25). The lowest BCUT2D eigenvalue weighted by Gasteiger charge is -2.16. The summed E-state index contributed by atoms with van der Waals surface area (Å²) in [6, 6.07) is 14.2. The molecule has 0 saturated heterocycles. The summed E-state index contributed by atoms with van der Waals surface area (Å²) < 4.78 is 13.1. The molecule has 130 valence electrons. The zero-order valence-corrected chi connectivity index (χ0v) is 14.4. The molecule has 0 aliphatic heterocycles. The van der Waals surface area contributed by atoms with E-state index in [1.807, 2.05) is 37.5 Å². The van der Waals surface area contributed by atoms with Crippen molar-refractivity contribution in [1.29, 1.82) is 0 Å². The second-order valence-corrected chi connectivity index (χ2v) is 6.30. The number of benzene rings is 2. The van der Waals surface area contributed by atoms with Crippen molar-refractivity contribution in [3.63, 3.8) is 0 Å².